The van der Waals surface area contributed by atoms with Crippen LogP contribution in [0.4, 0.5) is 0 Å². The van der Waals surface area contributed by atoms with Gasteiger partial charge in [0.1, 0.15) is 17.5 Å². The lowest BCUT2D eigenvalue weighted by Gasteiger charge is -2.01. The minimum Gasteiger partial charge on any atom is -0.464 e. The maximum Gasteiger partial charge on any atom is 0.356 e. The Bertz CT molecular complexity index is 1080. The summed E-state index contributed by atoms with van der Waals surface area (Å²) in [5.74, 6) is 0.200. The number of hydrogen-bond acceptors (Lipinski definition) is 6. The summed E-state index contributed by atoms with van der Waals surface area (Å²) >= 11 is 1.64. The highest BCUT2D eigenvalue weighted by molar-refractivity contribution is 7.97. The molecular weight excluding hydrogens is 338 g/mol. The number of rotatable bonds is 4. The lowest BCUT2D eigenvalue weighted by atomic mass is 10.1. The second-order valence-electron chi connectivity index (χ2n) is 5.49. The molecule has 126 valence electrons. The van der Waals surface area contributed by atoms with Gasteiger partial charge in [-0.25, -0.2) is 9.78 Å². The third-order valence-corrected chi connectivity index (χ3v) is 4.52. The van der Waals surface area contributed by atoms with Crippen LogP contribution in [0.2, 0.25) is 0 Å². The summed E-state index contributed by atoms with van der Waals surface area (Å²) in [6.45, 7) is 0. The minimum absolute atomic E-state index is 0.265. The number of thioether (sulfide) groups is 1. The van der Waals surface area contributed by atoms with Crippen molar-refractivity contribution in [1.82, 2.24) is 14.8 Å². The fourth-order valence-corrected chi connectivity index (χ4v) is 3.31. The molecule has 0 unspecified atom stereocenters. The second-order valence-corrected chi connectivity index (χ2v) is 6.33. The molecule has 0 atom stereocenters. The van der Waals surface area contributed by atoms with Crippen LogP contribution in [0.5, 0.6) is 0 Å². The third-order valence-electron chi connectivity index (χ3n) is 4.02. The van der Waals surface area contributed by atoms with Crippen LogP contribution in [-0.4, -0.2) is 34.1 Å². The van der Waals surface area contributed by atoms with Crippen molar-refractivity contribution in [1.29, 1.82) is 0 Å². The molecule has 0 radical (unpaired) electrons. The zero-order chi connectivity index (χ0) is 17.4. The number of aromatic nitrogens is 3. The van der Waals surface area contributed by atoms with Gasteiger partial charge in [-0.2, -0.15) is 5.10 Å². The molecule has 6 nitrogen and oxygen atoms in total. The van der Waals surface area contributed by atoms with Crippen LogP contribution in [0, 0.1) is 0 Å². The Balaban J connectivity index is 1.96. The lowest BCUT2D eigenvalue weighted by molar-refractivity contribution is 0.0594. The van der Waals surface area contributed by atoms with E-state index in [-0.39, 0.29) is 5.69 Å². The normalized spacial score (nSPS) is 11.3. The Labute approximate surface area is 147 Å². The predicted molar refractivity (Wildman–Crippen MR) is 97.6 cm³/mol. The van der Waals surface area contributed by atoms with Gasteiger partial charge in [0.2, 0.25) is 0 Å². The average Bonchev–Trinajstić information content (AvgIpc) is 3.22. The smallest absolute Gasteiger partial charge is 0.356 e. The Hall–Kier alpha value is -2.80. The Morgan fingerprint density at radius 1 is 1.32 bits per heavy atom. The first-order valence-electron chi connectivity index (χ1n) is 7.63. The first-order chi connectivity index (χ1) is 12.2. The van der Waals surface area contributed by atoms with E-state index in [1.165, 1.54) is 7.11 Å². The first-order valence-corrected chi connectivity index (χ1v) is 9.02. The van der Waals surface area contributed by atoms with Crippen molar-refractivity contribution in [3.63, 3.8) is 0 Å². The topological polar surface area (TPSA) is 70.2 Å². The fourth-order valence-electron chi connectivity index (χ4n) is 2.87. The standard InChI is InChI=1S/C18H15N3O3S/c1-23-18(22)14-7-15-12(8-19-14)17(20-21(15)10-25-2)13-9-24-16-6-4-3-5-11(13)16/h3-9H,10H2,1-2H3. The van der Waals surface area contributed by atoms with Gasteiger partial charge in [0.05, 0.1) is 18.5 Å². The number of carbonyl (C=O) groups is 1. The highest BCUT2D eigenvalue weighted by Gasteiger charge is 2.19. The minimum atomic E-state index is -0.464. The van der Waals surface area contributed by atoms with Crippen molar-refractivity contribution in [3.8, 4) is 11.3 Å². The van der Waals surface area contributed by atoms with Crippen molar-refractivity contribution < 1.29 is 13.9 Å². The van der Waals surface area contributed by atoms with Gasteiger partial charge >= 0.3 is 5.97 Å². The third kappa shape index (κ3) is 2.56. The van der Waals surface area contributed by atoms with E-state index in [9.17, 15) is 4.79 Å². The number of fused-ring (bicyclic) bond motifs is 2. The van der Waals surface area contributed by atoms with Gasteiger partial charge in [-0.05, 0) is 18.4 Å². The Morgan fingerprint density at radius 3 is 2.96 bits per heavy atom. The van der Waals surface area contributed by atoms with E-state index in [0.29, 0.717) is 5.88 Å². The van der Waals surface area contributed by atoms with Crippen molar-refractivity contribution in [2.75, 3.05) is 13.4 Å². The van der Waals surface area contributed by atoms with Gasteiger partial charge < -0.3 is 9.15 Å². The number of ether oxygens (including phenoxy) is 1. The largest absolute Gasteiger partial charge is 0.464 e. The number of benzene rings is 1. The summed E-state index contributed by atoms with van der Waals surface area (Å²) in [5.41, 5.74) is 3.61. The number of nitrogens with zero attached hydrogens (tertiary/aromatic N) is 3. The van der Waals surface area contributed by atoms with Crippen LogP contribution in [0.15, 0.2) is 47.2 Å². The number of hydrogen-bond donors (Lipinski definition) is 0. The number of para-hydroxylation sites is 1. The van der Waals surface area contributed by atoms with E-state index in [1.807, 2.05) is 35.2 Å². The first kappa shape index (κ1) is 15.7. The van der Waals surface area contributed by atoms with Crippen LogP contribution < -0.4 is 0 Å². The van der Waals surface area contributed by atoms with E-state index in [2.05, 4.69) is 4.98 Å². The highest BCUT2D eigenvalue weighted by atomic mass is 32.2. The molecule has 0 aliphatic rings. The van der Waals surface area contributed by atoms with Gasteiger partial charge in [0.25, 0.3) is 0 Å². The molecule has 0 saturated carbocycles. The predicted octanol–water partition coefficient (Wildman–Crippen LogP) is 3.95. The van der Waals surface area contributed by atoms with Gasteiger partial charge in [0, 0.05) is 22.5 Å². The molecule has 3 heterocycles. The SMILES string of the molecule is COC(=O)c1cc2c(cn1)c(-c1coc3ccccc13)nn2CSC. The molecule has 0 fully saturated rings. The van der Waals surface area contributed by atoms with E-state index in [4.69, 9.17) is 14.3 Å². The molecule has 0 amide bonds. The van der Waals surface area contributed by atoms with E-state index < -0.39 is 5.97 Å². The molecule has 0 aliphatic carbocycles. The van der Waals surface area contributed by atoms with E-state index in [1.54, 1.807) is 30.3 Å². The van der Waals surface area contributed by atoms with E-state index >= 15 is 0 Å². The summed E-state index contributed by atoms with van der Waals surface area (Å²) in [4.78, 5) is 16.0. The highest BCUT2D eigenvalue weighted by Crippen LogP contribution is 2.34. The van der Waals surface area contributed by atoms with Crippen molar-refractivity contribution in [2.24, 2.45) is 0 Å². The van der Waals surface area contributed by atoms with Crippen LogP contribution in [0.1, 0.15) is 10.5 Å². The summed E-state index contributed by atoms with van der Waals surface area (Å²) in [7, 11) is 1.34. The number of carbonyl (C=O) groups excluding carboxylic acids is 1. The number of pyridine rings is 1. The second kappa shape index (κ2) is 6.25. The van der Waals surface area contributed by atoms with E-state index in [0.717, 1.165) is 33.1 Å². The van der Waals surface area contributed by atoms with Crippen molar-refractivity contribution >= 4 is 39.6 Å². The fraction of sp³-hybridized carbons (Fsp3) is 0.167. The average molecular weight is 353 g/mol. The molecule has 25 heavy (non-hydrogen) atoms. The van der Waals surface area contributed by atoms with Gasteiger partial charge in [-0.15, -0.1) is 11.8 Å². The van der Waals surface area contributed by atoms with Crippen LogP contribution in [-0.2, 0) is 10.6 Å². The zero-order valence-corrected chi connectivity index (χ0v) is 14.5. The van der Waals surface area contributed by atoms with Gasteiger partial charge in [0.15, 0.2) is 5.69 Å². The quantitative estimate of drug-likeness (QED) is 0.517. The molecule has 1 aromatic carbocycles. The Kier molecular flexibility index (Phi) is 3.93. The Morgan fingerprint density at radius 2 is 2.16 bits per heavy atom. The van der Waals surface area contributed by atoms with Crippen molar-refractivity contribution in [3.05, 3.63) is 48.5 Å². The summed E-state index contributed by atoms with van der Waals surface area (Å²) < 4.78 is 12.3. The molecule has 0 aliphatic heterocycles. The number of esters is 1. The van der Waals surface area contributed by atoms with Crippen LogP contribution in [0.25, 0.3) is 33.1 Å². The summed E-state index contributed by atoms with van der Waals surface area (Å²) in [6, 6.07) is 9.55. The molecule has 0 bridgehead atoms. The van der Waals surface area contributed by atoms with Gasteiger partial charge in [-0.1, -0.05) is 18.2 Å². The monoisotopic (exact) mass is 353 g/mol. The van der Waals surface area contributed by atoms with Crippen LogP contribution >= 0.6 is 11.8 Å². The lowest BCUT2D eigenvalue weighted by Crippen LogP contribution is -2.04. The number of furan rings is 1. The molecule has 3 aromatic heterocycles. The van der Waals surface area contributed by atoms with Crippen LogP contribution in [0.3, 0.4) is 0 Å². The molecule has 0 spiro atoms. The molecule has 0 saturated heterocycles. The summed E-state index contributed by atoms with van der Waals surface area (Å²) in [5, 5.41) is 6.61. The molecule has 4 aromatic rings. The van der Waals surface area contributed by atoms with Gasteiger partial charge in [-0.3, -0.25) is 4.68 Å². The zero-order valence-electron chi connectivity index (χ0n) is 13.7. The molecule has 7 heteroatoms. The maximum atomic E-state index is 11.8. The summed E-state index contributed by atoms with van der Waals surface area (Å²) in [6.07, 6.45) is 5.38. The maximum absolute atomic E-state index is 11.8. The van der Waals surface area contributed by atoms with Crippen molar-refractivity contribution in [2.45, 2.75) is 5.88 Å². The number of methoxy groups -OCH3 is 1. The molecule has 4 rings (SSSR count). The molecule has 0 N–H and O–H groups in total. The molecular formula is C18H15N3O3S.